The van der Waals surface area contributed by atoms with Gasteiger partial charge in [-0.2, -0.15) is 0 Å². The molecule has 2 N–H and O–H groups in total. The number of hydrogen-bond donors (Lipinski definition) is 1. The van der Waals surface area contributed by atoms with Gasteiger partial charge in [0, 0.05) is 50.5 Å². The number of ether oxygens (including phenoxy) is 1. The van der Waals surface area contributed by atoms with Crippen molar-refractivity contribution in [3.8, 4) is 0 Å². The first-order valence-corrected chi connectivity index (χ1v) is 9.13. The molecule has 2 amide bonds. The Balaban J connectivity index is 2.02. The molecule has 1 saturated heterocycles. The summed E-state index contributed by atoms with van der Waals surface area (Å²) < 4.78 is 5.72. The molecule has 0 radical (unpaired) electrons. The molecule has 1 aliphatic heterocycles. The Bertz CT molecular complexity index is 492. The molecule has 2 rings (SSSR count). The fraction of sp³-hybridized carbons (Fsp3) is 0.889. The SMILES string of the molecule is CCOC1CC(N)(C(=O)N2CCCN(C(=O)C(C)C)CC2)C1(C)C. The number of carbonyl (C=O) groups is 2. The smallest absolute Gasteiger partial charge is 0.243 e. The van der Waals surface area contributed by atoms with Gasteiger partial charge < -0.3 is 20.3 Å². The van der Waals surface area contributed by atoms with E-state index in [1.165, 1.54) is 0 Å². The number of carbonyl (C=O) groups excluding carboxylic acids is 2. The van der Waals surface area contributed by atoms with Gasteiger partial charge in [-0.1, -0.05) is 27.7 Å². The van der Waals surface area contributed by atoms with E-state index in [0.717, 1.165) is 6.42 Å². The minimum Gasteiger partial charge on any atom is -0.378 e. The van der Waals surface area contributed by atoms with Gasteiger partial charge in [0.15, 0.2) is 0 Å². The molecule has 0 spiro atoms. The first-order valence-electron chi connectivity index (χ1n) is 9.13. The summed E-state index contributed by atoms with van der Waals surface area (Å²) >= 11 is 0. The zero-order valence-corrected chi connectivity index (χ0v) is 15.8. The number of nitrogens with two attached hydrogens (primary N) is 1. The van der Waals surface area contributed by atoms with Crippen LogP contribution in [0.25, 0.3) is 0 Å². The Kier molecular flexibility index (Phi) is 5.60. The van der Waals surface area contributed by atoms with Crippen molar-refractivity contribution in [1.82, 2.24) is 9.80 Å². The maximum Gasteiger partial charge on any atom is 0.243 e. The molecule has 2 unspecified atom stereocenters. The summed E-state index contributed by atoms with van der Waals surface area (Å²) in [5.41, 5.74) is 5.27. The maximum atomic E-state index is 13.1. The Morgan fingerprint density at radius 2 is 1.75 bits per heavy atom. The van der Waals surface area contributed by atoms with Crippen LogP contribution in [-0.4, -0.2) is 66.0 Å². The van der Waals surface area contributed by atoms with Gasteiger partial charge in [-0.05, 0) is 13.3 Å². The Morgan fingerprint density at radius 3 is 2.29 bits per heavy atom. The van der Waals surface area contributed by atoms with E-state index in [9.17, 15) is 9.59 Å². The molecule has 2 fully saturated rings. The summed E-state index contributed by atoms with van der Waals surface area (Å²) in [4.78, 5) is 29.0. The lowest BCUT2D eigenvalue weighted by molar-refractivity contribution is -0.179. The third kappa shape index (κ3) is 3.18. The van der Waals surface area contributed by atoms with Crippen molar-refractivity contribution in [3.63, 3.8) is 0 Å². The van der Waals surface area contributed by atoms with Gasteiger partial charge in [0.05, 0.1) is 6.10 Å². The largest absolute Gasteiger partial charge is 0.378 e. The van der Waals surface area contributed by atoms with Crippen molar-refractivity contribution in [3.05, 3.63) is 0 Å². The number of hydrogen-bond acceptors (Lipinski definition) is 4. The monoisotopic (exact) mass is 339 g/mol. The van der Waals surface area contributed by atoms with Crippen LogP contribution in [0.15, 0.2) is 0 Å². The predicted octanol–water partition coefficient (Wildman–Crippen LogP) is 1.24. The second-order valence-corrected chi connectivity index (χ2v) is 7.97. The van der Waals surface area contributed by atoms with E-state index >= 15 is 0 Å². The van der Waals surface area contributed by atoms with Gasteiger partial charge in [0.2, 0.25) is 11.8 Å². The normalized spacial score (nSPS) is 30.0. The van der Waals surface area contributed by atoms with Gasteiger partial charge in [-0.25, -0.2) is 0 Å². The Labute approximate surface area is 145 Å². The molecule has 0 aromatic rings. The highest BCUT2D eigenvalue weighted by Crippen LogP contribution is 2.50. The molecular weight excluding hydrogens is 306 g/mol. The molecule has 24 heavy (non-hydrogen) atoms. The summed E-state index contributed by atoms with van der Waals surface area (Å²) in [6, 6.07) is 0. The van der Waals surface area contributed by atoms with E-state index in [2.05, 4.69) is 0 Å². The highest BCUT2D eigenvalue weighted by atomic mass is 16.5. The fourth-order valence-corrected chi connectivity index (χ4v) is 3.79. The van der Waals surface area contributed by atoms with E-state index in [4.69, 9.17) is 10.5 Å². The van der Waals surface area contributed by atoms with Crippen molar-refractivity contribution < 1.29 is 14.3 Å². The molecule has 2 atom stereocenters. The van der Waals surface area contributed by atoms with Crippen LogP contribution in [0.4, 0.5) is 0 Å². The van der Waals surface area contributed by atoms with Crippen molar-refractivity contribution in [2.45, 2.75) is 59.1 Å². The Morgan fingerprint density at radius 1 is 1.17 bits per heavy atom. The maximum absolute atomic E-state index is 13.1. The summed E-state index contributed by atoms with van der Waals surface area (Å²) in [5, 5.41) is 0. The first kappa shape index (κ1) is 19.2. The van der Waals surface area contributed by atoms with Crippen LogP contribution in [0, 0.1) is 11.3 Å². The van der Waals surface area contributed by atoms with Crippen LogP contribution in [0.2, 0.25) is 0 Å². The minimum absolute atomic E-state index is 0.00213. The molecule has 2 aliphatic rings. The molecule has 1 saturated carbocycles. The second kappa shape index (κ2) is 7.00. The molecule has 1 aliphatic carbocycles. The lowest BCUT2D eigenvalue weighted by Gasteiger charge is -2.58. The number of amides is 2. The van der Waals surface area contributed by atoms with E-state index in [1.54, 1.807) is 0 Å². The quantitative estimate of drug-likeness (QED) is 0.836. The summed E-state index contributed by atoms with van der Waals surface area (Å²) in [7, 11) is 0. The van der Waals surface area contributed by atoms with Crippen molar-refractivity contribution >= 4 is 11.8 Å². The van der Waals surface area contributed by atoms with Gasteiger partial charge in [-0.3, -0.25) is 9.59 Å². The molecular formula is C18H33N3O3. The molecule has 138 valence electrons. The highest BCUT2D eigenvalue weighted by molar-refractivity contribution is 5.89. The average molecular weight is 339 g/mol. The second-order valence-electron chi connectivity index (χ2n) is 7.97. The van der Waals surface area contributed by atoms with E-state index in [0.29, 0.717) is 39.2 Å². The fourth-order valence-electron chi connectivity index (χ4n) is 3.79. The third-order valence-electron chi connectivity index (χ3n) is 5.80. The molecule has 1 heterocycles. The van der Waals surface area contributed by atoms with Gasteiger partial charge in [0.25, 0.3) is 0 Å². The van der Waals surface area contributed by atoms with Crippen LogP contribution >= 0.6 is 0 Å². The van der Waals surface area contributed by atoms with Gasteiger partial charge in [-0.15, -0.1) is 0 Å². The lowest BCUT2D eigenvalue weighted by atomic mass is 9.54. The van der Waals surface area contributed by atoms with Crippen molar-refractivity contribution in [2.75, 3.05) is 32.8 Å². The molecule has 0 aromatic carbocycles. The summed E-state index contributed by atoms with van der Waals surface area (Å²) in [6.45, 7) is 13.0. The topological polar surface area (TPSA) is 75.9 Å². The Hall–Kier alpha value is -1.14. The average Bonchev–Trinajstić information content (AvgIpc) is 2.78. The first-order chi connectivity index (χ1) is 11.1. The zero-order valence-electron chi connectivity index (χ0n) is 15.8. The molecule has 0 aromatic heterocycles. The van der Waals surface area contributed by atoms with Crippen LogP contribution in [-0.2, 0) is 14.3 Å². The van der Waals surface area contributed by atoms with E-state index in [-0.39, 0.29) is 29.3 Å². The lowest BCUT2D eigenvalue weighted by Crippen LogP contribution is -2.76. The third-order valence-corrected chi connectivity index (χ3v) is 5.80. The number of nitrogens with zero attached hydrogens (tertiary/aromatic N) is 2. The predicted molar refractivity (Wildman–Crippen MR) is 93.3 cm³/mol. The van der Waals surface area contributed by atoms with Gasteiger partial charge in [0.1, 0.15) is 5.54 Å². The molecule has 6 heteroatoms. The highest BCUT2D eigenvalue weighted by Gasteiger charge is 2.63. The summed E-state index contributed by atoms with van der Waals surface area (Å²) in [5.74, 6) is 0.153. The summed E-state index contributed by atoms with van der Waals surface area (Å²) in [6.07, 6.45) is 1.40. The van der Waals surface area contributed by atoms with Crippen LogP contribution in [0.1, 0.15) is 47.5 Å². The van der Waals surface area contributed by atoms with Crippen LogP contribution in [0.3, 0.4) is 0 Å². The van der Waals surface area contributed by atoms with Crippen LogP contribution in [0.5, 0.6) is 0 Å². The molecule has 6 nitrogen and oxygen atoms in total. The van der Waals surface area contributed by atoms with Crippen LogP contribution < -0.4 is 5.73 Å². The minimum atomic E-state index is -0.871. The number of rotatable bonds is 4. The van der Waals surface area contributed by atoms with E-state index < -0.39 is 5.54 Å². The molecule has 0 bridgehead atoms. The standard InChI is InChI=1S/C18H33N3O3/c1-6-24-14-12-18(19,17(14,4)5)16(23)21-9-7-8-20(10-11-21)15(22)13(2)3/h13-14H,6-12,19H2,1-5H3. The van der Waals surface area contributed by atoms with E-state index in [1.807, 2.05) is 44.4 Å². The van der Waals surface area contributed by atoms with Crippen molar-refractivity contribution in [1.29, 1.82) is 0 Å². The zero-order chi connectivity index (χ0) is 18.1. The van der Waals surface area contributed by atoms with Crippen molar-refractivity contribution in [2.24, 2.45) is 17.1 Å². The van der Waals surface area contributed by atoms with Gasteiger partial charge >= 0.3 is 0 Å².